The Morgan fingerprint density at radius 1 is 0.914 bits per heavy atom. The SMILES string of the molecule is COC(C(=O)N1CCC(c2nc(-c3cccnc3)ncc2-c2ccccc2)CC1)c1ccccc1. The van der Waals surface area contributed by atoms with Crippen LogP contribution in [-0.4, -0.2) is 46.0 Å². The molecule has 0 bridgehead atoms. The van der Waals surface area contributed by atoms with Gasteiger partial charge in [0, 0.05) is 55.8 Å². The maximum atomic E-state index is 13.3. The summed E-state index contributed by atoms with van der Waals surface area (Å²) in [6.07, 6.45) is 6.55. The van der Waals surface area contributed by atoms with Crippen LogP contribution in [-0.2, 0) is 9.53 Å². The third kappa shape index (κ3) is 4.98. The van der Waals surface area contributed by atoms with Crippen molar-refractivity contribution < 1.29 is 9.53 Å². The Labute approximate surface area is 205 Å². The van der Waals surface area contributed by atoms with Crippen molar-refractivity contribution in [1.29, 1.82) is 0 Å². The molecule has 0 aliphatic carbocycles. The number of pyridine rings is 1. The fourth-order valence-corrected chi connectivity index (χ4v) is 4.73. The largest absolute Gasteiger partial charge is 0.367 e. The van der Waals surface area contributed by atoms with Gasteiger partial charge in [-0.15, -0.1) is 0 Å². The first-order valence-electron chi connectivity index (χ1n) is 11.9. The van der Waals surface area contributed by atoms with Crippen LogP contribution in [0.3, 0.4) is 0 Å². The second kappa shape index (κ2) is 10.6. The molecule has 6 nitrogen and oxygen atoms in total. The van der Waals surface area contributed by atoms with E-state index >= 15 is 0 Å². The fraction of sp³-hybridized carbons (Fsp3) is 0.241. The van der Waals surface area contributed by atoms with Crippen molar-refractivity contribution in [3.63, 3.8) is 0 Å². The van der Waals surface area contributed by atoms with Gasteiger partial charge in [0.25, 0.3) is 5.91 Å². The van der Waals surface area contributed by atoms with Crippen molar-refractivity contribution in [3.05, 3.63) is 103 Å². The van der Waals surface area contributed by atoms with Crippen LogP contribution in [0.1, 0.15) is 36.1 Å². The van der Waals surface area contributed by atoms with Crippen LogP contribution in [0.2, 0.25) is 0 Å². The van der Waals surface area contributed by atoms with Gasteiger partial charge in [-0.2, -0.15) is 0 Å². The molecule has 35 heavy (non-hydrogen) atoms. The Bertz CT molecular complexity index is 1260. The first kappa shape index (κ1) is 22.9. The second-order valence-corrected chi connectivity index (χ2v) is 8.73. The van der Waals surface area contributed by atoms with E-state index in [1.165, 1.54) is 0 Å². The Kier molecular flexibility index (Phi) is 6.91. The Balaban J connectivity index is 1.40. The first-order chi connectivity index (χ1) is 17.2. The highest BCUT2D eigenvalue weighted by molar-refractivity contribution is 5.82. The van der Waals surface area contributed by atoms with Gasteiger partial charge in [-0.1, -0.05) is 60.7 Å². The number of hydrogen-bond acceptors (Lipinski definition) is 5. The molecule has 3 heterocycles. The van der Waals surface area contributed by atoms with E-state index in [0.717, 1.165) is 40.8 Å². The predicted octanol–water partition coefficient (Wildman–Crippen LogP) is 5.30. The number of benzene rings is 2. The summed E-state index contributed by atoms with van der Waals surface area (Å²) in [6, 6.07) is 23.8. The summed E-state index contributed by atoms with van der Waals surface area (Å²) in [5.41, 5.74) is 4.95. The Morgan fingerprint density at radius 3 is 2.26 bits per heavy atom. The van der Waals surface area contributed by atoms with E-state index in [4.69, 9.17) is 9.72 Å². The molecule has 1 aliphatic rings. The monoisotopic (exact) mass is 464 g/mol. The summed E-state index contributed by atoms with van der Waals surface area (Å²) < 4.78 is 5.59. The normalized spacial score (nSPS) is 15.1. The highest BCUT2D eigenvalue weighted by Gasteiger charge is 2.31. The highest BCUT2D eigenvalue weighted by Crippen LogP contribution is 2.35. The fourth-order valence-electron chi connectivity index (χ4n) is 4.73. The highest BCUT2D eigenvalue weighted by atomic mass is 16.5. The van der Waals surface area contributed by atoms with Gasteiger partial charge >= 0.3 is 0 Å². The molecule has 2 aromatic carbocycles. The Morgan fingerprint density at radius 2 is 1.60 bits per heavy atom. The molecular weight excluding hydrogens is 436 g/mol. The van der Waals surface area contributed by atoms with E-state index in [1.807, 2.05) is 71.8 Å². The van der Waals surface area contributed by atoms with Crippen molar-refractivity contribution in [1.82, 2.24) is 19.9 Å². The van der Waals surface area contributed by atoms with E-state index in [1.54, 1.807) is 19.5 Å². The number of nitrogens with zero attached hydrogens (tertiary/aromatic N) is 4. The zero-order chi connectivity index (χ0) is 24.0. The van der Waals surface area contributed by atoms with Crippen molar-refractivity contribution in [2.24, 2.45) is 0 Å². The molecule has 5 rings (SSSR count). The molecule has 1 saturated heterocycles. The molecule has 1 aliphatic heterocycles. The van der Waals surface area contributed by atoms with Crippen LogP contribution in [0, 0.1) is 0 Å². The molecule has 6 heteroatoms. The van der Waals surface area contributed by atoms with Gasteiger partial charge in [-0.05, 0) is 36.1 Å². The molecule has 1 amide bonds. The predicted molar refractivity (Wildman–Crippen MR) is 135 cm³/mol. The molecule has 1 fully saturated rings. The summed E-state index contributed by atoms with van der Waals surface area (Å²) in [7, 11) is 1.59. The van der Waals surface area contributed by atoms with E-state index in [-0.39, 0.29) is 11.8 Å². The van der Waals surface area contributed by atoms with Crippen molar-refractivity contribution in [3.8, 4) is 22.5 Å². The standard InChI is InChI=1S/C29H28N4O2/c1-35-27(23-11-6-3-7-12-23)29(34)33-17-14-22(15-18-33)26-25(21-9-4-2-5-10-21)20-31-28(32-26)24-13-8-16-30-19-24/h2-13,16,19-20,22,27H,14-15,17-18H2,1H3. The number of carbonyl (C=O) groups excluding carboxylic acids is 1. The number of carbonyl (C=O) groups is 1. The third-order valence-corrected chi connectivity index (χ3v) is 6.58. The summed E-state index contributed by atoms with van der Waals surface area (Å²) in [6.45, 7) is 1.33. The molecule has 176 valence electrons. The number of aromatic nitrogens is 3. The number of piperidine rings is 1. The van der Waals surface area contributed by atoms with E-state index in [2.05, 4.69) is 22.1 Å². The first-order valence-corrected chi connectivity index (χ1v) is 11.9. The van der Waals surface area contributed by atoms with Gasteiger partial charge in [-0.3, -0.25) is 9.78 Å². The van der Waals surface area contributed by atoms with Gasteiger partial charge in [-0.25, -0.2) is 9.97 Å². The average molecular weight is 465 g/mol. The number of amides is 1. The lowest BCUT2D eigenvalue weighted by Gasteiger charge is -2.34. The minimum atomic E-state index is -0.580. The van der Waals surface area contributed by atoms with E-state index in [9.17, 15) is 4.79 Å². The average Bonchev–Trinajstić information content (AvgIpc) is 2.95. The number of methoxy groups -OCH3 is 1. The van der Waals surface area contributed by atoms with Gasteiger partial charge in [0.2, 0.25) is 0 Å². The van der Waals surface area contributed by atoms with E-state index < -0.39 is 6.10 Å². The number of ether oxygens (including phenoxy) is 1. The lowest BCUT2D eigenvalue weighted by atomic mass is 9.88. The van der Waals surface area contributed by atoms with Crippen LogP contribution in [0.15, 0.2) is 91.4 Å². The minimum Gasteiger partial charge on any atom is -0.367 e. The van der Waals surface area contributed by atoms with Gasteiger partial charge in [0.1, 0.15) is 0 Å². The third-order valence-electron chi connectivity index (χ3n) is 6.58. The maximum Gasteiger partial charge on any atom is 0.256 e. The maximum absolute atomic E-state index is 13.3. The van der Waals surface area contributed by atoms with Crippen LogP contribution < -0.4 is 0 Å². The molecule has 1 unspecified atom stereocenters. The van der Waals surface area contributed by atoms with Gasteiger partial charge in [0.05, 0.1) is 5.69 Å². The number of hydrogen-bond donors (Lipinski definition) is 0. The molecule has 0 N–H and O–H groups in total. The summed E-state index contributed by atoms with van der Waals surface area (Å²) >= 11 is 0. The molecule has 2 aromatic heterocycles. The van der Waals surface area contributed by atoms with Crippen LogP contribution in [0.25, 0.3) is 22.5 Å². The lowest BCUT2D eigenvalue weighted by Crippen LogP contribution is -2.41. The van der Waals surface area contributed by atoms with Crippen LogP contribution >= 0.6 is 0 Å². The van der Waals surface area contributed by atoms with Gasteiger partial charge < -0.3 is 9.64 Å². The molecule has 0 radical (unpaired) electrons. The minimum absolute atomic E-state index is 0.0131. The zero-order valence-electron chi connectivity index (χ0n) is 19.7. The molecule has 0 saturated carbocycles. The molecule has 1 atom stereocenters. The van der Waals surface area contributed by atoms with Crippen LogP contribution in [0.4, 0.5) is 0 Å². The number of likely N-dealkylation sites (tertiary alicyclic amines) is 1. The van der Waals surface area contributed by atoms with E-state index in [0.29, 0.717) is 18.9 Å². The zero-order valence-corrected chi connectivity index (χ0v) is 19.7. The van der Waals surface area contributed by atoms with Crippen molar-refractivity contribution in [2.45, 2.75) is 24.9 Å². The Hall–Kier alpha value is -3.90. The summed E-state index contributed by atoms with van der Waals surface area (Å²) in [5.74, 6) is 0.916. The molecular formula is C29H28N4O2. The number of rotatable bonds is 6. The summed E-state index contributed by atoms with van der Waals surface area (Å²) in [4.78, 5) is 29.1. The topological polar surface area (TPSA) is 68.2 Å². The molecule has 4 aromatic rings. The smallest absolute Gasteiger partial charge is 0.256 e. The molecule has 0 spiro atoms. The van der Waals surface area contributed by atoms with Crippen molar-refractivity contribution >= 4 is 5.91 Å². The summed E-state index contributed by atoms with van der Waals surface area (Å²) in [5, 5.41) is 0. The van der Waals surface area contributed by atoms with Gasteiger partial charge in [0.15, 0.2) is 11.9 Å². The van der Waals surface area contributed by atoms with Crippen LogP contribution in [0.5, 0.6) is 0 Å². The second-order valence-electron chi connectivity index (χ2n) is 8.73. The quantitative estimate of drug-likeness (QED) is 0.387. The van der Waals surface area contributed by atoms with Crippen molar-refractivity contribution in [2.75, 3.05) is 20.2 Å². The lowest BCUT2D eigenvalue weighted by molar-refractivity contribution is -0.143.